The van der Waals surface area contributed by atoms with Crippen LogP contribution in [0.2, 0.25) is 0 Å². The third kappa shape index (κ3) is 7.04. The summed E-state index contributed by atoms with van der Waals surface area (Å²) >= 11 is 1.72. The van der Waals surface area contributed by atoms with Crippen molar-refractivity contribution in [3.63, 3.8) is 0 Å². The number of ether oxygens (including phenoxy) is 4. The Balaban J connectivity index is 1.31. The summed E-state index contributed by atoms with van der Waals surface area (Å²) in [6.07, 6.45) is 0. The van der Waals surface area contributed by atoms with Gasteiger partial charge in [0.25, 0.3) is 0 Å². The summed E-state index contributed by atoms with van der Waals surface area (Å²) in [4.78, 5) is 5.72. The average molecular weight is 644 g/mol. The van der Waals surface area contributed by atoms with Crippen molar-refractivity contribution in [1.82, 2.24) is 0 Å². The van der Waals surface area contributed by atoms with Gasteiger partial charge in [-0.3, -0.25) is 0 Å². The molecule has 6 heteroatoms. The smallest absolute Gasteiger partial charge is 0.208 e. The lowest BCUT2D eigenvalue weighted by Gasteiger charge is -2.14. The van der Waals surface area contributed by atoms with Gasteiger partial charge in [-0.15, -0.1) is 0 Å². The molecule has 0 fully saturated rings. The Morgan fingerprint density at radius 1 is 0.413 bits per heavy atom. The van der Waals surface area contributed by atoms with Crippen LogP contribution in [0, 0.1) is 0 Å². The van der Waals surface area contributed by atoms with Gasteiger partial charge in [0.15, 0.2) is 15.5 Å². The number of hydrogen-bond donors (Lipinski definition) is 0. The summed E-state index contributed by atoms with van der Waals surface area (Å²) in [5.41, 5.74) is 4.52. The molecule has 6 aromatic carbocycles. The molecular weight excluding hydrogens is 609 g/mol. The van der Waals surface area contributed by atoms with Gasteiger partial charge in [-0.05, 0) is 113 Å². The summed E-state index contributed by atoms with van der Waals surface area (Å²) in [6.45, 7) is 0. The van der Waals surface area contributed by atoms with Gasteiger partial charge in [0.1, 0.15) is 28.1 Å². The Bertz CT molecular complexity index is 1920. The first kappa shape index (κ1) is 31.2. The lowest BCUT2D eigenvalue weighted by Crippen LogP contribution is -2.07. The molecule has 6 aromatic rings. The molecule has 0 saturated heterocycles. The first-order chi connectivity index (χ1) is 22.6. The summed E-state index contributed by atoms with van der Waals surface area (Å²) < 4.78 is 22.5. The SMILES string of the molecule is COc1cccc(-c2ccc(Sc3ccc([S+](c4ccc(-c5cccc(OC)c5)cc4)c4cccc(OC)c4)c(OC)c3)cc2)c1. The highest BCUT2D eigenvalue weighted by Crippen LogP contribution is 2.41. The number of rotatable bonds is 11. The normalized spacial score (nSPS) is 11.5. The minimum absolute atomic E-state index is 0.440. The highest BCUT2D eigenvalue weighted by Gasteiger charge is 2.33. The Morgan fingerprint density at radius 2 is 0.935 bits per heavy atom. The van der Waals surface area contributed by atoms with Gasteiger partial charge in [-0.25, -0.2) is 0 Å². The fraction of sp³-hybridized carbons (Fsp3) is 0.100. The fourth-order valence-electron chi connectivity index (χ4n) is 5.24. The van der Waals surface area contributed by atoms with Crippen LogP contribution in [0.5, 0.6) is 23.0 Å². The second kappa shape index (κ2) is 14.5. The molecule has 0 aromatic heterocycles. The van der Waals surface area contributed by atoms with Gasteiger partial charge in [0.05, 0.1) is 28.4 Å². The molecule has 230 valence electrons. The van der Waals surface area contributed by atoms with Crippen molar-refractivity contribution in [2.45, 2.75) is 24.5 Å². The zero-order valence-corrected chi connectivity index (χ0v) is 27.9. The van der Waals surface area contributed by atoms with Crippen LogP contribution in [0.15, 0.2) is 164 Å². The van der Waals surface area contributed by atoms with Crippen LogP contribution in [0.25, 0.3) is 22.3 Å². The predicted octanol–water partition coefficient (Wildman–Crippen LogP) is 10.3. The maximum atomic E-state index is 6.06. The zero-order valence-electron chi connectivity index (χ0n) is 26.2. The monoisotopic (exact) mass is 643 g/mol. The number of benzene rings is 6. The van der Waals surface area contributed by atoms with Gasteiger partial charge in [-0.2, -0.15) is 0 Å². The van der Waals surface area contributed by atoms with Crippen LogP contribution < -0.4 is 18.9 Å². The number of hydrogen-bond acceptors (Lipinski definition) is 5. The van der Waals surface area contributed by atoms with Gasteiger partial charge in [0.2, 0.25) is 4.90 Å². The van der Waals surface area contributed by atoms with Crippen molar-refractivity contribution in [3.8, 4) is 45.3 Å². The second-order valence-electron chi connectivity index (χ2n) is 10.4. The third-order valence-electron chi connectivity index (χ3n) is 7.62. The predicted molar refractivity (Wildman–Crippen MR) is 189 cm³/mol. The Kier molecular flexibility index (Phi) is 9.87. The molecule has 1 unspecified atom stereocenters. The van der Waals surface area contributed by atoms with E-state index in [4.69, 9.17) is 18.9 Å². The first-order valence-corrected chi connectivity index (χ1v) is 16.9. The van der Waals surface area contributed by atoms with Crippen molar-refractivity contribution >= 4 is 22.7 Å². The second-order valence-corrected chi connectivity index (χ2v) is 13.6. The number of methoxy groups -OCH3 is 4. The minimum Gasteiger partial charge on any atom is -0.497 e. The molecule has 0 bridgehead atoms. The van der Waals surface area contributed by atoms with E-state index in [1.54, 1.807) is 40.2 Å². The van der Waals surface area contributed by atoms with Crippen molar-refractivity contribution in [2.75, 3.05) is 28.4 Å². The molecule has 0 spiro atoms. The Hall–Kier alpha value is -4.78. The molecule has 0 heterocycles. The van der Waals surface area contributed by atoms with Crippen LogP contribution >= 0.6 is 11.8 Å². The zero-order chi connectivity index (χ0) is 31.9. The van der Waals surface area contributed by atoms with Crippen molar-refractivity contribution in [3.05, 3.63) is 140 Å². The molecule has 0 aliphatic rings. The van der Waals surface area contributed by atoms with E-state index >= 15 is 0 Å². The molecule has 0 aliphatic heterocycles. The molecular formula is C40H35O4S2+. The van der Waals surface area contributed by atoms with Crippen molar-refractivity contribution in [1.29, 1.82) is 0 Å². The largest absolute Gasteiger partial charge is 0.497 e. The summed E-state index contributed by atoms with van der Waals surface area (Å²) in [5, 5.41) is 0. The van der Waals surface area contributed by atoms with E-state index in [2.05, 4.69) is 103 Å². The van der Waals surface area contributed by atoms with E-state index in [1.807, 2.05) is 36.4 Å². The first-order valence-electron chi connectivity index (χ1n) is 14.8. The summed E-state index contributed by atoms with van der Waals surface area (Å²) in [6, 6.07) is 48.5. The summed E-state index contributed by atoms with van der Waals surface area (Å²) in [5.74, 6) is 3.37. The van der Waals surface area contributed by atoms with E-state index in [-0.39, 0.29) is 0 Å². The molecule has 0 N–H and O–H groups in total. The molecule has 6 rings (SSSR count). The van der Waals surface area contributed by atoms with E-state index < -0.39 is 10.9 Å². The van der Waals surface area contributed by atoms with Crippen LogP contribution in [-0.4, -0.2) is 28.4 Å². The van der Waals surface area contributed by atoms with Gasteiger partial charge >= 0.3 is 0 Å². The molecule has 0 aliphatic carbocycles. The molecule has 46 heavy (non-hydrogen) atoms. The van der Waals surface area contributed by atoms with E-state index in [1.165, 1.54) is 4.90 Å². The quantitative estimate of drug-likeness (QED) is 0.131. The van der Waals surface area contributed by atoms with E-state index in [0.29, 0.717) is 0 Å². The van der Waals surface area contributed by atoms with Crippen LogP contribution in [-0.2, 0) is 10.9 Å². The van der Waals surface area contributed by atoms with Crippen molar-refractivity contribution < 1.29 is 18.9 Å². The van der Waals surface area contributed by atoms with E-state index in [0.717, 1.165) is 64.8 Å². The van der Waals surface area contributed by atoms with Gasteiger partial charge < -0.3 is 18.9 Å². The summed E-state index contributed by atoms with van der Waals surface area (Å²) in [7, 11) is 6.39. The lowest BCUT2D eigenvalue weighted by molar-refractivity contribution is 0.403. The fourth-order valence-corrected chi connectivity index (χ4v) is 8.27. The maximum Gasteiger partial charge on any atom is 0.208 e. The maximum absolute atomic E-state index is 6.06. The molecule has 0 saturated carbocycles. The average Bonchev–Trinajstić information content (AvgIpc) is 3.13. The highest BCUT2D eigenvalue weighted by molar-refractivity contribution is 7.99. The highest BCUT2D eigenvalue weighted by atomic mass is 32.2. The van der Waals surface area contributed by atoms with Crippen molar-refractivity contribution in [2.24, 2.45) is 0 Å². The van der Waals surface area contributed by atoms with Gasteiger partial charge in [0, 0.05) is 15.9 Å². The van der Waals surface area contributed by atoms with Crippen LogP contribution in [0.4, 0.5) is 0 Å². The van der Waals surface area contributed by atoms with Gasteiger partial charge in [-0.1, -0.05) is 54.2 Å². The molecule has 1 atom stereocenters. The van der Waals surface area contributed by atoms with Crippen LogP contribution in [0.1, 0.15) is 0 Å². The molecule has 0 amide bonds. The Labute approximate surface area is 278 Å². The third-order valence-corrected chi connectivity index (χ3v) is 10.9. The Morgan fingerprint density at radius 3 is 1.50 bits per heavy atom. The van der Waals surface area contributed by atoms with Crippen LogP contribution in [0.3, 0.4) is 0 Å². The lowest BCUT2D eigenvalue weighted by atomic mass is 10.1. The minimum atomic E-state index is -0.440. The standard InChI is InChI=1S/C40H35O4S2/c1-41-32-10-5-8-30(24-32)28-14-18-35(19-15-28)45-36-20-23-40(39(27-36)44-4)46(38-13-7-12-34(26-38)43-3)37-21-16-29(17-22-37)31-9-6-11-33(25-31)42-2/h5-27H,1-4H3/q+1. The molecule has 0 radical (unpaired) electrons. The van der Waals surface area contributed by atoms with E-state index in [9.17, 15) is 0 Å². The molecule has 4 nitrogen and oxygen atoms in total. The topological polar surface area (TPSA) is 36.9 Å².